The number of aliphatic hydroxyl groups is 1. The van der Waals surface area contributed by atoms with E-state index in [1.807, 2.05) is 44.2 Å². The summed E-state index contributed by atoms with van der Waals surface area (Å²) in [5.74, 6) is 0.358. The van der Waals surface area contributed by atoms with Gasteiger partial charge in [-0.05, 0) is 26.3 Å². The second-order valence-electron chi connectivity index (χ2n) is 4.64. The van der Waals surface area contributed by atoms with Crippen molar-refractivity contribution in [2.24, 2.45) is 10.7 Å². The van der Waals surface area contributed by atoms with Gasteiger partial charge in [0.1, 0.15) is 5.60 Å². The molecule has 0 aliphatic heterocycles. The van der Waals surface area contributed by atoms with Gasteiger partial charge < -0.3 is 16.2 Å². The smallest absolute Gasteiger partial charge is 0.188 e. The lowest BCUT2D eigenvalue weighted by atomic mass is 9.96. The molecule has 0 saturated heterocycles. The zero-order valence-electron chi connectivity index (χ0n) is 10.6. The number of nitrogens with one attached hydrogen (secondary N) is 1. The predicted octanol–water partition coefficient (Wildman–Crippen LogP) is 1.21. The number of hydrogen-bond acceptors (Lipinski definition) is 2. The quantitative estimate of drug-likeness (QED) is 0.542. The van der Waals surface area contributed by atoms with E-state index in [-0.39, 0.29) is 12.6 Å². The zero-order valence-corrected chi connectivity index (χ0v) is 10.6. The van der Waals surface area contributed by atoms with E-state index in [2.05, 4.69) is 10.3 Å². The molecule has 1 unspecified atom stereocenters. The van der Waals surface area contributed by atoms with Gasteiger partial charge in [-0.3, -0.25) is 4.99 Å². The first-order valence-corrected chi connectivity index (χ1v) is 5.76. The van der Waals surface area contributed by atoms with Gasteiger partial charge in [0.2, 0.25) is 0 Å². The van der Waals surface area contributed by atoms with E-state index in [1.165, 1.54) is 0 Å². The van der Waals surface area contributed by atoms with Gasteiger partial charge in [-0.25, -0.2) is 0 Å². The highest BCUT2D eigenvalue weighted by Gasteiger charge is 2.22. The fourth-order valence-electron chi connectivity index (χ4n) is 1.47. The molecule has 0 aliphatic carbocycles. The van der Waals surface area contributed by atoms with Crippen molar-refractivity contribution < 1.29 is 5.11 Å². The van der Waals surface area contributed by atoms with E-state index in [0.717, 1.165) is 5.56 Å². The normalized spacial score (nSPS) is 15.7. The maximum absolute atomic E-state index is 10.3. The molecule has 1 aromatic carbocycles. The fourth-order valence-corrected chi connectivity index (χ4v) is 1.47. The molecule has 0 aliphatic rings. The standard InChI is InChI=1S/C13H21N3O/c1-10(2)16-12(14)15-9-13(3,17)11-7-5-4-6-8-11/h4-8,10,17H,9H2,1-3H3,(H3,14,15,16). The molecular formula is C13H21N3O. The Morgan fingerprint density at radius 2 is 2.00 bits per heavy atom. The maximum Gasteiger partial charge on any atom is 0.188 e. The van der Waals surface area contributed by atoms with Gasteiger partial charge in [0.05, 0.1) is 6.54 Å². The number of rotatable bonds is 4. The number of hydrogen-bond donors (Lipinski definition) is 3. The van der Waals surface area contributed by atoms with Crippen LogP contribution in [0.25, 0.3) is 0 Å². The van der Waals surface area contributed by atoms with Crippen molar-refractivity contribution in [2.45, 2.75) is 32.4 Å². The molecular weight excluding hydrogens is 214 g/mol. The Kier molecular flexibility index (Phi) is 4.52. The van der Waals surface area contributed by atoms with Crippen LogP contribution >= 0.6 is 0 Å². The molecule has 0 fully saturated rings. The lowest BCUT2D eigenvalue weighted by Gasteiger charge is -2.22. The van der Waals surface area contributed by atoms with Crippen molar-refractivity contribution in [1.29, 1.82) is 0 Å². The van der Waals surface area contributed by atoms with Crippen LogP contribution in [0, 0.1) is 0 Å². The number of nitrogens with zero attached hydrogens (tertiary/aromatic N) is 1. The highest BCUT2D eigenvalue weighted by molar-refractivity contribution is 5.78. The summed E-state index contributed by atoms with van der Waals surface area (Å²) in [4.78, 5) is 4.15. The minimum absolute atomic E-state index is 0.237. The third-order valence-electron chi connectivity index (χ3n) is 2.39. The Hall–Kier alpha value is -1.55. The van der Waals surface area contributed by atoms with Gasteiger partial charge >= 0.3 is 0 Å². The van der Waals surface area contributed by atoms with Gasteiger partial charge in [0.15, 0.2) is 5.96 Å². The maximum atomic E-state index is 10.3. The highest BCUT2D eigenvalue weighted by Crippen LogP contribution is 2.20. The summed E-state index contributed by atoms with van der Waals surface area (Å²) in [5, 5.41) is 13.3. The second kappa shape index (κ2) is 5.68. The largest absolute Gasteiger partial charge is 0.384 e. The fraction of sp³-hybridized carbons (Fsp3) is 0.462. The lowest BCUT2D eigenvalue weighted by Crippen LogP contribution is -2.38. The van der Waals surface area contributed by atoms with E-state index in [0.29, 0.717) is 5.96 Å². The first kappa shape index (κ1) is 13.5. The number of nitrogens with two attached hydrogens (primary N) is 1. The zero-order chi connectivity index (χ0) is 12.9. The summed E-state index contributed by atoms with van der Waals surface area (Å²) in [5.41, 5.74) is 5.53. The molecule has 0 bridgehead atoms. The molecule has 0 spiro atoms. The Balaban J connectivity index is 2.67. The van der Waals surface area contributed by atoms with Crippen LogP contribution in [-0.2, 0) is 5.60 Å². The number of guanidine groups is 1. The average Bonchev–Trinajstić information content (AvgIpc) is 2.27. The van der Waals surface area contributed by atoms with Crippen molar-refractivity contribution in [3.8, 4) is 0 Å². The first-order valence-electron chi connectivity index (χ1n) is 5.76. The van der Waals surface area contributed by atoms with E-state index in [4.69, 9.17) is 5.73 Å². The van der Waals surface area contributed by atoms with Gasteiger partial charge in [-0.2, -0.15) is 0 Å². The highest BCUT2D eigenvalue weighted by atomic mass is 16.3. The van der Waals surface area contributed by atoms with Crippen LogP contribution in [0.1, 0.15) is 26.3 Å². The van der Waals surface area contributed by atoms with Crippen LogP contribution < -0.4 is 11.1 Å². The predicted molar refractivity (Wildman–Crippen MR) is 70.8 cm³/mol. The summed E-state index contributed by atoms with van der Waals surface area (Å²) in [6.45, 7) is 5.94. The van der Waals surface area contributed by atoms with Crippen molar-refractivity contribution in [3.63, 3.8) is 0 Å². The van der Waals surface area contributed by atoms with Crippen molar-refractivity contribution in [2.75, 3.05) is 6.54 Å². The van der Waals surface area contributed by atoms with Crippen molar-refractivity contribution in [3.05, 3.63) is 35.9 Å². The molecule has 0 amide bonds. The molecule has 0 aromatic heterocycles. The van der Waals surface area contributed by atoms with Crippen LogP contribution in [0.15, 0.2) is 35.3 Å². The van der Waals surface area contributed by atoms with Crippen LogP contribution in [0.5, 0.6) is 0 Å². The third kappa shape index (κ3) is 4.44. The van der Waals surface area contributed by atoms with Crippen molar-refractivity contribution in [1.82, 2.24) is 5.32 Å². The van der Waals surface area contributed by atoms with Crippen LogP contribution in [-0.4, -0.2) is 23.7 Å². The summed E-state index contributed by atoms with van der Waals surface area (Å²) in [6.07, 6.45) is 0. The minimum Gasteiger partial charge on any atom is -0.384 e. The second-order valence-corrected chi connectivity index (χ2v) is 4.64. The van der Waals surface area contributed by atoms with Gasteiger partial charge in [0, 0.05) is 6.04 Å². The first-order chi connectivity index (χ1) is 7.92. The Morgan fingerprint density at radius 1 is 1.41 bits per heavy atom. The molecule has 94 valence electrons. The molecule has 0 saturated carbocycles. The molecule has 0 radical (unpaired) electrons. The van der Waals surface area contributed by atoms with Crippen LogP contribution in [0.2, 0.25) is 0 Å². The molecule has 0 heterocycles. The topological polar surface area (TPSA) is 70.6 Å². The van der Waals surface area contributed by atoms with Crippen molar-refractivity contribution >= 4 is 5.96 Å². The monoisotopic (exact) mass is 235 g/mol. The Morgan fingerprint density at radius 3 is 2.53 bits per heavy atom. The number of benzene rings is 1. The van der Waals surface area contributed by atoms with Crippen LogP contribution in [0.4, 0.5) is 0 Å². The Labute approximate surface area is 103 Å². The van der Waals surface area contributed by atoms with Crippen LogP contribution in [0.3, 0.4) is 0 Å². The molecule has 17 heavy (non-hydrogen) atoms. The van der Waals surface area contributed by atoms with Gasteiger partial charge in [0.25, 0.3) is 0 Å². The average molecular weight is 235 g/mol. The molecule has 1 atom stereocenters. The summed E-state index contributed by atoms with van der Waals surface area (Å²) < 4.78 is 0. The van der Waals surface area contributed by atoms with E-state index >= 15 is 0 Å². The number of aliphatic imine (C=N–C) groups is 1. The van der Waals surface area contributed by atoms with E-state index in [1.54, 1.807) is 6.92 Å². The lowest BCUT2D eigenvalue weighted by molar-refractivity contribution is 0.0673. The van der Waals surface area contributed by atoms with Gasteiger partial charge in [-0.1, -0.05) is 30.3 Å². The SMILES string of the molecule is CC(C)NC(N)=NCC(C)(O)c1ccccc1. The summed E-state index contributed by atoms with van der Waals surface area (Å²) in [6, 6.07) is 9.69. The summed E-state index contributed by atoms with van der Waals surface area (Å²) in [7, 11) is 0. The van der Waals surface area contributed by atoms with E-state index in [9.17, 15) is 5.11 Å². The van der Waals surface area contributed by atoms with E-state index < -0.39 is 5.60 Å². The summed E-state index contributed by atoms with van der Waals surface area (Å²) >= 11 is 0. The molecule has 1 aromatic rings. The molecule has 4 N–H and O–H groups in total. The minimum atomic E-state index is -0.995. The molecule has 4 nitrogen and oxygen atoms in total. The molecule has 1 rings (SSSR count). The Bertz CT molecular complexity index is 372. The van der Waals surface area contributed by atoms with Gasteiger partial charge in [-0.15, -0.1) is 0 Å². The molecule has 4 heteroatoms. The third-order valence-corrected chi connectivity index (χ3v) is 2.39.